The number of alkyl halides is 1. The smallest absolute Gasteiger partial charge is 0.133 e. The largest absolute Gasteiger partial charge is 0.489 e. The number of hydrogen-bond donors (Lipinski definition) is 0. The van der Waals surface area contributed by atoms with Crippen LogP contribution in [0.5, 0.6) is 5.75 Å². The number of hydrogen-bond acceptors (Lipinski definition) is 2. The van der Waals surface area contributed by atoms with Crippen LogP contribution in [0.3, 0.4) is 0 Å². The quantitative estimate of drug-likeness (QED) is 0.644. The zero-order valence-electron chi connectivity index (χ0n) is 11.5. The summed E-state index contributed by atoms with van der Waals surface area (Å²) in [7, 11) is 0. The van der Waals surface area contributed by atoms with Crippen LogP contribution < -0.4 is 4.74 Å². The van der Waals surface area contributed by atoms with Gasteiger partial charge in [0.2, 0.25) is 0 Å². The summed E-state index contributed by atoms with van der Waals surface area (Å²) in [5.74, 6) is 0.953. The van der Waals surface area contributed by atoms with Crippen molar-refractivity contribution in [3.63, 3.8) is 0 Å². The summed E-state index contributed by atoms with van der Waals surface area (Å²) in [5, 5.41) is 0.867. The first-order valence-corrected chi connectivity index (χ1v) is 9.27. The molecule has 20 heavy (non-hydrogen) atoms. The van der Waals surface area contributed by atoms with Crippen LogP contribution in [0, 0.1) is 0 Å². The molecule has 1 atom stereocenters. The lowest BCUT2D eigenvalue weighted by atomic mass is 9.90. The van der Waals surface area contributed by atoms with Gasteiger partial charge in [-0.25, -0.2) is 0 Å². The van der Waals surface area contributed by atoms with Gasteiger partial charge in [0.25, 0.3) is 0 Å². The van der Waals surface area contributed by atoms with E-state index in [0.29, 0.717) is 0 Å². The fourth-order valence-electron chi connectivity index (χ4n) is 3.35. The van der Waals surface area contributed by atoms with E-state index in [4.69, 9.17) is 9.47 Å². The van der Waals surface area contributed by atoms with Gasteiger partial charge in [-0.15, -0.1) is 0 Å². The Morgan fingerprint density at radius 2 is 2.10 bits per heavy atom. The van der Waals surface area contributed by atoms with Gasteiger partial charge in [-0.05, 0) is 46.5 Å². The molecule has 3 rings (SSSR count). The summed E-state index contributed by atoms with van der Waals surface area (Å²) >= 11 is 7.09. The molecule has 2 fully saturated rings. The third-order valence-corrected chi connectivity index (χ3v) is 5.67. The predicted molar refractivity (Wildman–Crippen MR) is 87.6 cm³/mol. The number of benzene rings is 1. The molecule has 0 radical (unpaired) electrons. The van der Waals surface area contributed by atoms with Crippen molar-refractivity contribution < 1.29 is 9.47 Å². The molecular weight excluding hydrogens is 384 g/mol. The molecule has 1 aliphatic carbocycles. The molecule has 0 aromatic heterocycles. The maximum Gasteiger partial charge on any atom is 0.133 e. The lowest BCUT2D eigenvalue weighted by Gasteiger charge is -2.38. The van der Waals surface area contributed by atoms with Crippen LogP contribution in [0.25, 0.3) is 0 Å². The van der Waals surface area contributed by atoms with Crippen molar-refractivity contribution in [3.8, 4) is 5.75 Å². The van der Waals surface area contributed by atoms with Crippen LogP contribution >= 0.6 is 31.9 Å². The molecule has 110 valence electrons. The Kier molecular flexibility index (Phi) is 4.73. The molecule has 0 amide bonds. The van der Waals surface area contributed by atoms with Crippen molar-refractivity contribution in [1.29, 1.82) is 0 Å². The first kappa shape index (κ1) is 14.9. The Hall–Kier alpha value is -0.0600. The van der Waals surface area contributed by atoms with Gasteiger partial charge in [-0.2, -0.15) is 0 Å². The summed E-state index contributed by atoms with van der Waals surface area (Å²) in [6.45, 7) is 0.835. The van der Waals surface area contributed by atoms with E-state index in [-0.39, 0.29) is 11.7 Å². The van der Waals surface area contributed by atoms with Crippen LogP contribution in [0.4, 0.5) is 0 Å². The average molecular weight is 404 g/mol. The van der Waals surface area contributed by atoms with Gasteiger partial charge in [0.05, 0.1) is 16.7 Å². The normalized spacial score (nSPS) is 25.0. The van der Waals surface area contributed by atoms with Gasteiger partial charge in [0.15, 0.2) is 0 Å². The van der Waals surface area contributed by atoms with E-state index in [0.717, 1.165) is 35.0 Å². The highest BCUT2D eigenvalue weighted by Crippen LogP contribution is 2.41. The van der Waals surface area contributed by atoms with Crippen molar-refractivity contribution in [2.24, 2.45) is 0 Å². The van der Waals surface area contributed by atoms with Crippen molar-refractivity contribution >= 4 is 31.9 Å². The zero-order chi connectivity index (χ0) is 14.0. The minimum absolute atomic E-state index is 0.116. The average Bonchev–Trinajstić information content (AvgIpc) is 2.89. The van der Waals surface area contributed by atoms with Crippen LogP contribution in [-0.4, -0.2) is 18.3 Å². The van der Waals surface area contributed by atoms with Gasteiger partial charge in [-0.1, -0.05) is 34.8 Å². The maximum absolute atomic E-state index is 6.23. The first-order valence-electron chi connectivity index (χ1n) is 7.36. The van der Waals surface area contributed by atoms with Gasteiger partial charge in [0, 0.05) is 18.2 Å². The molecule has 4 heteroatoms. The van der Waals surface area contributed by atoms with Gasteiger partial charge in [-0.3, -0.25) is 0 Å². The topological polar surface area (TPSA) is 18.5 Å². The van der Waals surface area contributed by atoms with Crippen LogP contribution in [0.2, 0.25) is 0 Å². The summed E-state index contributed by atoms with van der Waals surface area (Å²) in [6, 6.07) is 6.30. The second kappa shape index (κ2) is 6.37. The van der Waals surface area contributed by atoms with E-state index < -0.39 is 0 Å². The molecule has 1 unspecified atom stereocenters. The van der Waals surface area contributed by atoms with E-state index in [1.54, 1.807) is 0 Å². The highest BCUT2D eigenvalue weighted by Gasteiger charge is 2.40. The van der Waals surface area contributed by atoms with E-state index >= 15 is 0 Å². The SMILES string of the molecule is BrCc1ccc(OC2CCOC3(CCCC3)C2)c(Br)c1. The highest BCUT2D eigenvalue weighted by molar-refractivity contribution is 9.10. The Bertz CT molecular complexity index is 470. The number of rotatable bonds is 3. The lowest BCUT2D eigenvalue weighted by Crippen LogP contribution is -2.41. The number of halogens is 2. The van der Waals surface area contributed by atoms with E-state index in [2.05, 4.69) is 50.1 Å². The Morgan fingerprint density at radius 1 is 1.30 bits per heavy atom. The minimum atomic E-state index is 0.116. The molecule has 0 bridgehead atoms. The second-order valence-corrected chi connectivity index (χ2v) is 7.28. The summed E-state index contributed by atoms with van der Waals surface area (Å²) in [4.78, 5) is 0. The Morgan fingerprint density at radius 3 is 2.80 bits per heavy atom. The summed E-state index contributed by atoms with van der Waals surface area (Å²) in [6.07, 6.45) is 7.33. The Balaban J connectivity index is 1.68. The summed E-state index contributed by atoms with van der Waals surface area (Å²) in [5.41, 5.74) is 1.37. The molecule has 1 aromatic carbocycles. The molecule has 0 N–H and O–H groups in total. The molecule has 1 aliphatic heterocycles. The summed E-state index contributed by atoms with van der Waals surface area (Å²) < 4.78 is 13.3. The third-order valence-electron chi connectivity index (χ3n) is 4.41. The van der Waals surface area contributed by atoms with Crippen molar-refractivity contribution in [2.75, 3.05) is 6.61 Å². The van der Waals surface area contributed by atoms with Gasteiger partial charge >= 0.3 is 0 Å². The van der Waals surface area contributed by atoms with Crippen molar-refractivity contribution in [1.82, 2.24) is 0 Å². The second-order valence-electron chi connectivity index (χ2n) is 5.87. The van der Waals surface area contributed by atoms with Crippen LogP contribution in [0.15, 0.2) is 22.7 Å². The molecule has 1 heterocycles. The number of ether oxygens (including phenoxy) is 2. The fraction of sp³-hybridized carbons (Fsp3) is 0.625. The molecule has 2 nitrogen and oxygen atoms in total. The molecule has 1 spiro atoms. The van der Waals surface area contributed by atoms with E-state index in [1.807, 2.05) is 0 Å². The maximum atomic E-state index is 6.23. The predicted octanol–water partition coefficient (Wildman–Crippen LogP) is 5.21. The molecule has 1 saturated carbocycles. The monoisotopic (exact) mass is 402 g/mol. The third kappa shape index (κ3) is 3.23. The first-order chi connectivity index (χ1) is 9.71. The van der Waals surface area contributed by atoms with Crippen LogP contribution in [0.1, 0.15) is 44.1 Å². The van der Waals surface area contributed by atoms with Crippen molar-refractivity contribution in [3.05, 3.63) is 28.2 Å². The van der Waals surface area contributed by atoms with Gasteiger partial charge in [0.1, 0.15) is 11.9 Å². The highest BCUT2D eigenvalue weighted by atomic mass is 79.9. The minimum Gasteiger partial charge on any atom is -0.489 e. The molecule has 2 aliphatic rings. The lowest BCUT2D eigenvalue weighted by molar-refractivity contribution is -0.108. The van der Waals surface area contributed by atoms with E-state index in [9.17, 15) is 0 Å². The van der Waals surface area contributed by atoms with Gasteiger partial charge < -0.3 is 9.47 Å². The molecule has 1 aromatic rings. The fourth-order valence-corrected chi connectivity index (χ4v) is 4.22. The van der Waals surface area contributed by atoms with Crippen LogP contribution in [-0.2, 0) is 10.1 Å². The standard InChI is InChI=1S/C16H20Br2O2/c17-11-12-3-4-15(14(18)9-12)20-13-5-8-19-16(10-13)6-1-2-7-16/h3-4,9,13H,1-2,5-8,10-11H2. The Labute approximate surface area is 137 Å². The molecule has 1 saturated heterocycles. The van der Waals surface area contributed by atoms with Crippen molar-refractivity contribution in [2.45, 2.75) is 55.6 Å². The zero-order valence-corrected chi connectivity index (χ0v) is 14.7. The van der Waals surface area contributed by atoms with E-state index in [1.165, 1.54) is 31.2 Å². The molecular formula is C16H20Br2O2.